The van der Waals surface area contributed by atoms with Gasteiger partial charge in [-0.05, 0) is 60.7 Å². The van der Waals surface area contributed by atoms with E-state index in [9.17, 15) is 28.0 Å². The van der Waals surface area contributed by atoms with Gasteiger partial charge in [-0.1, -0.05) is 24.3 Å². The topological polar surface area (TPSA) is 92.3 Å². The molecule has 0 unspecified atom stereocenters. The number of hydrogen-bond acceptors (Lipinski definition) is 4. The summed E-state index contributed by atoms with van der Waals surface area (Å²) < 4.78 is 26.5. The van der Waals surface area contributed by atoms with Crippen LogP contribution < -0.4 is 10.6 Å². The number of ketones is 2. The van der Waals surface area contributed by atoms with Crippen molar-refractivity contribution in [3.8, 4) is 0 Å². The molecule has 0 bridgehead atoms. The lowest BCUT2D eigenvalue weighted by Crippen LogP contribution is -2.26. The van der Waals surface area contributed by atoms with E-state index in [1.807, 2.05) is 0 Å². The van der Waals surface area contributed by atoms with Crippen molar-refractivity contribution in [2.24, 2.45) is 0 Å². The normalized spacial score (nSPS) is 11.9. The smallest absolute Gasteiger partial charge is 0.255 e. The summed E-state index contributed by atoms with van der Waals surface area (Å²) in [5.74, 6) is -3.26. The van der Waals surface area contributed by atoms with Crippen LogP contribution in [0.15, 0.2) is 84.9 Å². The molecule has 1 aliphatic carbocycles. The Morgan fingerprint density at radius 2 is 0.889 bits per heavy atom. The molecule has 2 amide bonds. The fourth-order valence-electron chi connectivity index (χ4n) is 4.02. The molecule has 1 aliphatic rings. The molecule has 4 aromatic carbocycles. The predicted octanol–water partition coefficient (Wildman–Crippen LogP) is 5.24. The van der Waals surface area contributed by atoms with Gasteiger partial charge in [0, 0.05) is 22.3 Å². The third kappa shape index (κ3) is 4.05. The second-order valence-electron chi connectivity index (χ2n) is 8.04. The lowest BCUT2D eigenvalue weighted by atomic mass is 9.82. The maximum Gasteiger partial charge on any atom is 0.255 e. The number of benzene rings is 4. The number of carbonyl (C=O) groups excluding carboxylic acids is 4. The van der Waals surface area contributed by atoms with E-state index in [2.05, 4.69) is 10.6 Å². The average molecular weight is 482 g/mol. The van der Waals surface area contributed by atoms with E-state index in [0.29, 0.717) is 0 Å². The number of hydrogen-bond donors (Lipinski definition) is 2. The Balaban J connectivity index is 1.59. The summed E-state index contributed by atoms with van der Waals surface area (Å²) in [5, 5.41) is 5.23. The van der Waals surface area contributed by atoms with Gasteiger partial charge >= 0.3 is 0 Å². The van der Waals surface area contributed by atoms with Gasteiger partial charge in [-0.2, -0.15) is 0 Å². The molecule has 0 aromatic heterocycles. The first-order valence-corrected chi connectivity index (χ1v) is 10.8. The first-order valence-electron chi connectivity index (χ1n) is 10.8. The molecule has 176 valence electrons. The zero-order valence-electron chi connectivity index (χ0n) is 18.5. The van der Waals surface area contributed by atoms with Gasteiger partial charge in [0.25, 0.3) is 11.8 Å². The Bertz CT molecular complexity index is 1440. The number of fused-ring (bicyclic) bond motifs is 2. The summed E-state index contributed by atoms with van der Waals surface area (Å²) in [6.07, 6.45) is 0. The molecule has 0 saturated carbocycles. The molecule has 2 N–H and O–H groups in total. The summed E-state index contributed by atoms with van der Waals surface area (Å²) >= 11 is 0. The molecule has 8 heteroatoms. The van der Waals surface area contributed by atoms with Gasteiger partial charge in [-0.15, -0.1) is 0 Å². The minimum absolute atomic E-state index is 0.0620. The van der Waals surface area contributed by atoms with Crippen LogP contribution in [0, 0.1) is 11.6 Å². The van der Waals surface area contributed by atoms with Crippen LogP contribution in [-0.4, -0.2) is 23.4 Å². The molecular weight excluding hydrogens is 466 g/mol. The van der Waals surface area contributed by atoms with Gasteiger partial charge in [-0.25, -0.2) is 8.78 Å². The Kier molecular flexibility index (Phi) is 5.69. The molecule has 0 radical (unpaired) electrons. The molecule has 0 saturated heterocycles. The van der Waals surface area contributed by atoms with Gasteiger partial charge in [0.2, 0.25) is 0 Å². The average Bonchev–Trinajstić information content (AvgIpc) is 2.88. The zero-order valence-corrected chi connectivity index (χ0v) is 18.5. The summed E-state index contributed by atoms with van der Waals surface area (Å²) in [6.45, 7) is 0. The first-order chi connectivity index (χ1) is 17.3. The van der Waals surface area contributed by atoms with E-state index in [-0.39, 0.29) is 44.8 Å². The summed E-state index contributed by atoms with van der Waals surface area (Å²) in [7, 11) is 0. The van der Waals surface area contributed by atoms with Crippen molar-refractivity contribution in [1.29, 1.82) is 0 Å². The zero-order chi connectivity index (χ0) is 25.4. The number of anilines is 2. The lowest BCUT2D eigenvalue weighted by Gasteiger charge is -2.23. The van der Waals surface area contributed by atoms with Gasteiger partial charge in [-0.3, -0.25) is 19.2 Å². The van der Waals surface area contributed by atoms with Crippen molar-refractivity contribution in [3.05, 3.63) is 130 Å². The molecular formula is C28H16F2N2O4. The Morgan fingerprint density at radius 3 is 1.25 bits per heavy atom. The minimum Gasteiger partial charge on any atom is -0.321 e. The van der Waals surface area contributed by atoms with Crippen LogP contribution in [0.4, 0.5) is 20.2 Å². The molecule has 4 aromatic rings. The largest absolute Gasteiger partial charge is 0.321 e. The van der Waals surface area contributed by atoms with E-state index in [0.717, 1.165) is 24.3 Å². The molecule has 0 fully saturated rings. The molecule has 5 rings (SSSR count). The highest BCUT2D eigenvalue weighted by atomic mass is 19.1. The molecule has 36 heavy (non-hydrogen) atoms. The number of amides is 2. The Morgan fingerprint density at radius 1 is 0.528 bits per heavy atom. The predicted molar refractivity (Wildman–Crippen MR) is 128 cm³/mol. The number of rotatable bonds is 4. The van der Waals surface area contributed by atoms with Gasteiger partial charge in [0.05, 0.1) is 22.5 Å². The van der Waals surface area contributed by atoms with E-state index >= 15 is 0 Å². The highest BCUT2D eigenvalue weighted by Crippen LogP contribution is 2.37. The third-order valence-electron chi connectivity index (χ3n) is 5.79. The van der Waals surface area contributed by atoms with Crippen molar-refractivity contribution in [1.82, 2.24) is 0 Å². The van der Waals surface area contributed by atoms with E-state index in [4.69, 9.17) is 0 Å². The summed E-state index contributed by atoms with van der Waals surface area (Å²) in [6, 6.07) is 18.7. The molecule has 0 spiro atoms. The minimum atomic E-state index is -0.612. The van der Waals surface area contributed by atoms with Crippen LogP contribution in [-0.2, 0) is 0 Å². The van der Waals surface area contributed by atoms with Gasteiger partial charge < -0.3 is 10.6 Å². The summed E-state index contributed by atoms with van der Waals surface area (Å²) in [5.41, 5.74) is 0.585. The third-order valence-corrected chi connectivity index (χ3v) is 5.79. The Hall–Kier alpha value is -4.98. The number of carbonyl (C=O) groups is 4. The van der Waals surface area contributed by atoms with Crippen LogP contribution in [0.1, 0.15) is 52.6 Å². The molecule has 0 aliphatic heterocycles. The van der Waals surface area contributed by atoms with E-state index < -0.39 is 35.0 Å². The van der Waals surface area contributed by atoms with Crippen LogP contribution in [0.25, 0.3) is 0 Å². The van der Waals surface area contributed by atoms with Crippen molar-refractivity contribution in [2.75, 3.05) is 10.6 Å². The van der Waals surface area contributed by atoms with Crippen LogP contribution in [0.5, 0.6) is 0 Å². The van der Waals surface area contributed by atoms with Crippen molar-refractivity contribution in [2.45, 2.75) is 0 Å². The fourth-order valence-corrected chi connectivity index (χ4v) is 4.02. The van der Waals surface area contributed by atoms with Crippen LogP contribution >= 0.6 is 0 Å². The molecule has 0 heterocycles. The quantitative estimate of drug-likeness (QED) is 0.366. The number of nitrogens with one attached hydrogen (secondary N) is 2. The molecule has 6 nitrogen and oxygen atoms in total. The standard InChI is InChI=1S/C28H16F2N2O4/c29-17-9-5-15(6-10-17)27(35)31-21-13-14-22(32-28(36)16-7-11-18(30)12-8-16)24-23(21)25(33)19-3-1-2-4-20(19)26(24)34/h1-14H,(H,31,35)(H,32,36). The highest BCUT2D eigenvalue weighted by Gasteiger charge is 2.34. The van der Waals surface area contributed by atoms with Crippen molar-refractivity contribution >= 4 is 34.8 Å². The van der Waals surface area contributed by atoms with Gasteiger partial charge in [0.1, 0.15) is 11.6 Å². The lowest BCUT2D eigenvalue weighted by molar-refractivity contribution is 0.0977. The highest BCUT2D eigenvalue weighted by molar-refractivity contribution is 6.33. The second kappa shape index (κ2) is 8.99. The van der Waals surface area contributed by atoms with E-state index in [1.54, 1.807) is 12.1 Å². The van der Waals surface area contributed by atoms with Crippen LogP contribution in [0.2, 0.25) is 0 Å². The monoisotopic (exact) mass is 482 g/mol. The molecule has 0 atom stereocenters. The first kappa shape index (κ1) is 22.8. The maximum absolute atomic E-state index is 13.5. The SMILES string of the molecule is O=C(Nc1ccc(NC(=O)c2ccc(F)cc2)c2c1C(=O)c1ccccc1C2=O)c1ccc(F)cc1. The van der Waals surface area contributed by atoms with Crippen molar-refractivity contribution < 1.29 is 28.0 Å². The van der Waals surface area contributed by atoms with Crippen LogP contribution in [0.3, 0.4) is 0 Å². The van der Waals surface area contributed by atoms with E-state index in [1.165, 1.54) is 48.5 Å². The van der Waals surface area contributed by atoms with Gasteiger partial charge in [0.15, 0.2) is 11.6 Å². The Labute approximate surface area is 203 Å². The number of halogens is 2. The van der Waals surface area contributed by atoms with Crippen molar-refractivity contribution in [3.63, 3.8) is 0 Å². The summed E-state index contributed by atoms with van der Waals surface area (Å²) in [4.78, 5) is 52.5. The maximum atomic E-state index is 13.5. The fraction of sp³-hybridized carbons (Fsp3) is 0. The second-order valence-corrected chi connectivity index (χ2v) is 8.04.